The van der Waals surface area contributed by atoms with Crippen molar-refractivity contribution in [1.29, 1.82) is 0 Å². The van der Waals surface area contributed by atoms with Gasteiger partial charge in [-0.25, -0.2) is 8.78 Å². The summed E-state index contributed by atoms with van der Waals surface area (Å²) < 4.78 is 38.2. The molecule has 2 aromatic rings. The highest BCUT2D eigenvalue weighted by molar-refractivity contribution is 7.85. The Balaban J connectivity index is 2.05. The quantitative estimate of drug-likeness (QED) is 0.851. The van der Waals surface area contributed by atoms with Gasteiger partial charge in [0.2, 0.25) is 5.91 Å². The Morgan fingerprint density at radius 2 is 1.90 bits per heavy atom. The Kier molecular flexibility index (Phi) is 4.64. The average Bonchev–Trinajstić information content (AvgIpc) is 2.42. The molecule has 2 aromatic carbocycles. The van der Waals surface area contributed by atoms with Gasteiger partial charge >= 0.3 is 0 Å². The molecule has 0 saturated heterocycles. The smallest absolute Gasteiger partial charge is 0.237 e. The molecule has 0 bridgehead atoms. The summed E-state index contributed by atoms with van der Waals surface area (Å²) in [6, 6.07) is 9.02. The Labute approximate surface area is 122 Å². The molecular formula is C14H12F2N2O2S. The van der Waals surface area contributed by atoms with Gasteiger partial charge < -0.3 is 11.1 Å². The molecule has 0 fully saturated rings. The molecule has 21 heavy (non-hydrogen) atoms. The number of hydrogen-bond acceptors (Lipinski definition) is 3. The van der Waals surface area contributed by atoms with Gasteiger partial charge in [-0.15, -0.1) is 0 Å². The van der Waals surface area contributed by atoms with E-state index in [0.717, 1.165) is 12.1 Å². The molecule has 0 aliphatic heterocycles. The SMILES string of the molecule is Nc1cc(F)ccc1NC(=O)CS(=O)c1ccccc1F. The van der Waals surface area contributed by atoms with Crippen LogP contribution in [0.15, 0.2) is 47.4 Å². The molecule has 2 rings (SSSR count). The summed E-state index contributed by atoms with van der Waals surface area (Å²) in [6.07, 6.45) is 0. The number of hydrogen-bond donors (Lipinski definition) is 2. The molecule has 3 N–H and O–H groups in total. The zero-order chi connectivity index (χ0) is 15.4. The van der Waals surface area contributed by atoms with Gasteiger partial charge in [0.1, 0.15) is 17.4 Å². The monoisotopic (exact) mass is 310 g/mol. The first-order valence-electron chi connectivity index (χ1n) is 5.95. The maximum absolute atomic E-state index is 13.4. The average molecular weight is 310 g/mol. The first-order chi connectivity index (χ1) is 9.97. The van der Waals surface area contributed by atoms with Crippen LogP contribution < -0.4 is 11.1 Å². The van der Waals surface area contributed by atoms with Crippen LogP contribution in [0.1, 0.15) is 0 Å². The molecule has 1 atom stereocenters. The van der Waals surface area contributed by atoms with Crippen LogP contribution >= 0.6 is 0 Å². The Morgan fingerprint density at radius 1 is 1.19 bits per heavy atom. The van der Waals surface area contributed by atoms with Gasteiger partial charge in [-0.1, -0.05) is 12.1 Å². The van der Waals surface area contributed by atoms with Gasteiger partial charge in [-0.05, 0) is 30.3 Å². The fourth-order valence-corrected chi connectivity index (χ4v) is 2.64. The zero-order valence-electron chi connectivity index (χ0n) is 10.8. The summed E-state index contributed by atoms with van der Waals surface area (Å²) in [7, 11) is -1.81. The predicted octanol–water partition coefficient (Wildman–Crippen LogP) is 2.29. The second-order valence-electron chi connectivity index (χ2n) is 4.20. The van der Waals surface area contributed by atoms with Gasteiger partial charge in [-0.2, -0.15) is 0 Å². The Hall–Kier alpha value is -2.28. The molecular weight excluding hydrogens is 298 g/mol. The van der Waals surface area contributed by atoms with Gasteiger partial charge in [0.15, 0.2) is 0 Å². The molecule has 110 valence electrons. The van der Waals surface area contributed by atoms with E-state index in [2.05, 4.69) is 5.32 Å². The third-order valence-electron chi connectivity index (χ3n) is 2.63. The number of nitrogens with two attached hydrogens (primary N) is 1. The van der Waals surface area contributed by atoms with Crippen LogP contribution in [0.5, 0.6) is 0 Å². The molecule has 1 amide bonds. The fourth-order valence-electron chi connectivity index (χ4n) is 1.66. The Bertz CT molecular complexity index is 707. The maximum Gasteiger partial charge on any atom is 0.237 e. The van der Waals surface area contributed by atoms with Crippen molar-refractivity contribution in [2.24, 2.45) is 0 Å². The van der Waals surface area contributed by atoms with Crippen LogP contribution in [-0.4, -0.2) is 15.9 Å². The molecule has 0 spiro atoms. The molecule has 0 saturated carbocycles. The van der Waals surface area contributed by atoms with Crippen molar-refractivity contribution in [3.05, 3.63) is 54.1 Å². The first-order valence-corrected chi connectivity index (χ1v) is 7.27. The van der Waals surface area contributed by atoms with E-state index in [1.54, 1.807) is 0 Å². The normalized spacial score (nSPS) is 11.9. The van der Waals surface area contributed by atoms with Crippen LogP contribution in [0.3, 0.4) is 0 Å². The van der Waals surface area contributed by atoms with E-state index >= 15 is 0 Å². The number of nitrogens with one attached hydrogen (secondary N) is 1. The number of carbonyl (C=O) groups is 1. The molecule has 1 unspecified atom stereocenters. The summed E-state index contributed by atoms with van der Waals surface area (Å²) in [5.41, 5.74) is 5.82. The van der Waals surface area contributed by atoms with Crippen molar-refractivity contribution in [3.8, 4) is 0 Å². The van der Waals surface area contributed by atoms with Crippen molar-refractivity contribution in [2.45, 2.75) is 4.90 Å². The second kappa shape index (κ2) is 6.45. The number of nitrogen functional groups attached to an aromatic ring is 1. The van der Waals surface area contributed by atoms with Gasteiger partial charge in [0.25, 0.3) is 0 Å². The lowest BCUT2D eigenvalue weighted by Gasteiger charge is -2.08. The third-order valence-corrected chi connectivity index (χ3v) is 3.98. The highest BCUT2D eigenvalue weighted by atomic mass is 32.2. The zero-order valence-corrected chi connectivity index (χ0v) is 11.6. The van der Waals surface area contributed by atoms with Crippen molar-refractivity contribution >= 4 is 28.1 Å². The second-order valence-corrected chi connectivity index (χ2v) is 5.62. The molecule has 0 heterocycles. The molecule has 0 aromatic heterocycles. The van der Waals surface area contributed by atoms with E-state index in [-0.39, 0.29) is 16.3 Å². The van der Waals surface area contributed by atoms with E-state index < -0.39 is 34.1 Å². The lowest BCUT2D eigenvalue weighted by molar-refractivity contribution is -0.113. The van der Waals surface area contributed by atoms with E-state index in [4.69, 9.17) is 5.73 Å². The highest BCUT2D eigenvalue weighted by Crippen LogP contribution is 2.19. The van der Waals surface area contributed by atoms with Crippen LogP contribution in [-0.2, 0) is 15.6 Å². The van der Waals surface area contributed by atoms with Crippen molar-refractivity contribution in [3.63, 3.8) is 0 Å². The number of benzene rings is 2. The van der Waals surface area contributed by atoms with Crippen LogP contribution in [0.25, 0.3) is 0 Å². The minimum atomic E-state index is -1.81. The number of halogens is 2. The van der Waals surface area contributed by atoms with E-state index in [1.807, 2.05) is 0 Å². The van der Waals surface area contributed by atoms with E-state index in [9.17, 15) is 17.8 Å². The lowest BCUT2D eigenvalue weighted by Crippen LogP contribution is -2.20. The topological polar surface area (TPSA) is 72.2 Å². The van der Waals surface area contributed by atoms with Gasteiger partial charge in [0.05, 0.1) is 27.1 Å². The van der Waals surface area contributed by atoms with Crippen LogP contribution in [0.2, 0.25) is 0 Å². The van der Waals surface area contributed by atoms with Crippen molar-refractivity contribution in [2.75, 3.05) is 16.8 Å². The number of anilines is 2. The number of amides is 1. The summed E-state index contributed by atoms with van der Waals surface area (Å²) in [5, 5.41) is 2.41. The summed E-state index contributed by atoms with van der Waals surface area (Å²) in [5.74, 6) is -2.18. The summed E-state index contributed by atoms with van der Waals surface area (Å²) in [4.78, 5) is 11.7. The minimum Gasteiger partial charge on any atom is -0.397 e. The van der Waals surface area contributed by atoms with Gasteiger partial charge in [0, 0.05) is 0 Å². The fraction of sp³-hybridized carbons (Fsp3) is 0.0714. The summed E-state index contributed by atoms with van der Waals surface area (Å²) >= 11 is 0. The molecule has 0 aliphatic rings. The van der Waals surface area contributed by atoms with Crippen LogP contribution in [0.4, 0.5) is 20.2 Å². The standard InChI is InChI=1S/C14H12F2N2O2S/c15-9-5-6-12(11(17)7-9)18-14(19)8-21(20)13-4-2-1-3-10(13)16/h1-7H,8,17H2,(H,18,19). The first kappa shape index (κ1) is 15.1. The Morgan fingerprint density at radius 3 is 2.57 bits per heavy atom. The highest BCUT2D eigenvalue weighted by Gasteiger charge is 2.14. The third kappa shape index (κ3) is 3.85. The predicted molar refractivity (Wildman–Crippen MR) is 77.1 cm³/mol. The van der Waals surface area contributed by atoms with Crippen molar-refractivity contribution in [1.82, 2.24) is 0 Å². The molecule has 4 nitrogen and oxygen atoms in total. The minimum absolute atomic E-state index is 0.0419. The molecule has 0 radical (unpaired) electrons. The van der Waals surface area contributed by atoms with Crippen LogP contribution in [0, 0.1) is 11.6 Å². The lowest BCUT2D eigenvalue weighted by atomic mass is 10.2. The van der Waals surface area contributed by atoms with E-state index in [0.29, 0.717) is 0 Å². The summed E-state index contributed by atoms with van der Waals surface area (Å²) in [6.45, 7) is 0. The van der Waals surface area contributed by atoms with Gasteiger partial charge in [-0.3, -0.25) is 9.00 Å². The van der Waals surface area contributed by atoms with E-state index in [1.165, 1.54) is 30.3 Å². The number of rotatable bonds is 4. The number of carbonyl (C=O) groups excluding carboxylic acids is 1. The largest absolute Gasteiger partial charge is 0.397 e. The maximum atomic E-state index is 13.4. The molecule has 7 heteroatoms. The van der Waals surface area contributed by atoms with Crippen molar-refractivity contribution < 1.29 is 17.8 Å². The molecule has 0 aliphatic carbocycles.